The summed E-state index contributed by atoms with van der Waals surface area (Å²) >= 11 is 0. The van der Waals surface area contributed by atoms with E-state index in [1.807, 2.05) is 4.90 Å². The van der Waals surface area contributed by atoms with Gasteiger partial charge in [-0.3, -0.25) is 4.79 Å². The molecule has 0 fully saturated rings. The van der Waals surface area contributed by atoms with Crippen LogP contribution in [0.4, 0.5) is 0 Å². The number of fused-ring (bicyclic) bond motifs is 1. The molecular formula is C15H24N2O2. The lowest BCUT2D eigenvalue weighted by Crippen LogP contribution is -2.33. The Hall–Kier alpha value is -1.32. The number of aryl methyl sites for hydroxylation is 1. The van der Waals surface area contributed by atoms with Gasteiger partial charge in [0, 0.05) is 25.1 Å². The Balaban J connectivity index is 2.21. The van der Waals surface area contributed by atoms with Crippen molar-refractivity contribution in [2.24, 2.45) is 5.92 Å². The van der Waals surface area contributed by atoms with Crippen LogP contribution in [0.15, 0.2) is 4.52 Å². The van der Waals surface area contributed by atoms with Crippen molar-refractivity contribution >= 4 is 5.91 Å². The Morgan fingerprint density at radius 3 is 2.68 bits per heavy atom. The van der Waals surface area contributed by atoms with Crippen LogP contribution in [0, 0.1) is 5.92 Å². The number of amides is 1. The van der Waals surface area contributed by atoms with Crippen LogP contribution in [0.5, 0.6) is 0 Å². The molecule has 0 saturated carbocycles. The highest BCUT2D eigenvalue weighted by Crippen LogP contribution is 2.28. The van der Waals surface area contributed by atoms with Crippen molar-refractivity contribution in [1.29, 1.82) is 0 Å². The molecule has 1 heterocycles. The Labute approximate surface area is 115 Å². The number of carbonyl (C=O) groups excluding carboxylic acids is 1. The lowest BCUT2D eigenvalue weighted by Gasteiger charge is -2.22. The van der Waals surface area contributed by atoms with Gasteiger partial charge in [0.15, 0.2) is 5.69 Å². The van der Waals surface area contributed by atoms with E-state index in [1.165, 1.54) is 0 Å². The molecule has 0 spiro atoms. The molecule has 106 valence electrons. The highest BCUT2D eigenvalue weighted by atomic mass is 16.5. The third-order valence-electron chi connectivity index (χ3n) is 3.76. The number of carbonyl (C=O) groups is 1. The van der Waals surface area contributed by atoms with Crippen molar-refractivity contribution in [3.8, 4) is 0 Å². The fraction of sp³-hybridized carbons (Fsp3) is 0.733. The second-order valence-electron chi connectivity index (χ2n) is 5.57. The molecule has 1 aliphatic carbocycles. The summed E-state index contributed by atoms with van der Waals surface area (Å²) in [6.45, 7) is 8.00. The van der Waals surface area contributed by atoms with E-state index in [2.05, 4.69) is 25.9 Å². The van der Waals surface area contributed by atoms with Crippen molar-refractivity contribution in [3.63, 3.8) is 0 Å². The molecule has 0 saturated heterocycles. The molecule has 1 amide bonds. The van der Waals surface area contributed by atoms with Gasteiger partial charge in [-0.2, -0.15) is 0 Å². The van der Waals surface area contributed by atoms with Crippen LogP contribution in [-0.2, 0) is 12.8 Å². The Bertz CT molecular complexity index is 433. The second-order valence-corrected chi connectivity index (χ2v) is 5.57. The summed E-state index contributed by atoms with van der Waals surface area (Å²) in [5, 5.41) is 4.05. The molecule has 1 aliphatic rings. The van der Waals surface area contributed by atoms with E-state index < -0.39 is 0 Å². The maximum Gasteiger partial charge on any atom is 0.276 e. The van der Waals surface area contributed by atoms with Crippen molar-refractivity contribution in [2.75, 3.05) is 13.1 Å². The molecule has 19 heavy (non-hydrogen) atoms. The minimum atomic E-state index is 0.0443. The molecule has 0 aliphatic heterocycles. The third kappa shape index (κ3) is 2.99. The molecular weight excluding hydrogens is 240 g/mol. The largest absolute Gasteiger partial charge is 0.360 e. The fourth-order valence-corrected chi connectivity index (χ4v) is 2.75. The van der Waals surface area contributed by atoms with Crippen LogP contribution >= 0.6 is 0 Å². The molecule has 1 unspecified atom stereocenters. The predicted octanol–water partition coefficient (Wildman–Crippen LogP) is 3.06. The number of nitrogens with zero attached hydrogens (tertiary/aromatic N) is 2. The first-order valence-corrected chi connectivity index (χ1v) is 7.44. The molecule has 1 atom stereocenters. The van der Waals surface area contributed by atoms with Crippen LogP contribution in [0.3, 0.4) is 0 Å². The minimum Gasteiger partial charge on any atom is -0.360 e. The number of rotatable bonds is 5. The van der Waals surface area contributed by atoms with Crippen LogP contribution in [0.1, 0.15) is 61.8 Å². The molecule has 4 heteroatoms. The number of hydrogen-bond donors (Lipinski definition) is 0. The molecule has 0 aromatic carbocycles. The molecule has 2 rings (SSSR count). The average molecular weight is 264 g/mol. The summed E-state index contributed by atoms with van der Waals surface area (Å²) in [6, 6.07) is 0. The highest BCUT2D eigenvalue weighted by Gasteiger charge is 2.28. The van der Waals surface area contributed by atoms with E-state index in [9.17, 15) is 4.79 Å². The van der Waals surface area contributed by atoms with E-state index in [0.29, 0.717) is 11.6 Å². The van der Waals surface area contributed by atoms with Crippen molar-refractivity contribution in [3.05, 3.63) is 17.0 Å². The summed E-state index contributed by atoms with van der Waals surface area (Å²) in [7, 11) is 0. The second kappa shape index (κ2) is 6.22. The van der Waals surface area contributed by atoms with E-state index in [0.717, 1.165) is 56.5 Å². The lowest BCUT2D eigenvalue weighted by molar-refractivity contribution is 0.0744. The van der Waals surface area contributed by atoms with Gasteiger partial charge in [0.1, 0.15) is 5.76 Å². The van der Waals surface area contributed by atoms with E-state index in [-0.39, 0.29) is 5.91 Å². The van der Waals surface area contributed by atoms with E-state index in [1.54, 1.807) is 0 Å². The monoisotopic (exact) mass is 264 g/mol. The van der Waals surface area contributed by atoms with Gasteiger partial charge >= 0.3 is 0 Å². The minimum absolute atomic E-state index is 0.0443. The van der Waals surface area contributed by atoms with E-state index in [4.69, 9.17) is 4.52 Å². The van der Waals surface area contributed by atoms with Crippen LogP contribution in [0.2, 0.25) is 0 Å². The zero-order valence-electron chi connectivity index (χ0n) is 12.2. The quantitative estimate of drug-likeness (QED) is 0.821. The summed E-state index contributed by atoms with van der Waals surface area (Å²) in [5.74, 6) is 1.58. The summed E-state index contributed by atoms with van der Waals surface area (Å²) < 4.78 is 5.37. The number of hydrogen-bond acceptors (Lipinski definition) is 3. The summed E-state index contributed by atoms with van der Waals surface area (Å²) in [4.78, 5) is 14.5. The van der Waals surface area contributed by atoms with Gasteiger partial charge in [-0.1, -0.05) is 25.9 Å². The van der Waals surface area contributed by atoms with Gasteiger partial charge < -0.3 is 9.42 Å². The van der Waals surface area contributed by atoms with Gasteiger partial charge in [0.05, 0.1) is 0 Å². The Kier molecular flexibility index (Phi) is 4.61. The maximum absolute atomic E-state index is 12.6. The first-order chi connectivity index (χ1) is 9.17. The third-order valence-corrected chi connectivity index (χ3v) is 3.76. The molecule has 1 aromatic heterocycles. The standard InChI is InChI=1S/C15H24N2O2/c1-4-8-17(9-5-2)15(18)14-12-10-11(3)6-7-13(12)19-16-14/h11H,4-10H2,1-3H3. The van der Waals surface area contributed by atoms with Gasteiger partial charge in [-0.25, -0.2) is 0 Å². The topological polar surface area (TPSA) is 46.3 Å². The van der Waals surface area contributed by atoms with Crippen LogP contribution < -0.4 is 0 Å². The fourth-order valence-electron chi connectivity index (χ4n) is 2.75. The molecule has 0 N–H and O–H groups in total. The van der Waals surface area contributed by atoms with E-state index >= 15 is 0 Å². The highest BCUT2D eigenvalue weighted by molar-refractivity contribution is 5.93. The van der Waals surface area contributed by atoms with Gasteiger partial charge in [0.2, 0.25) is 0 Å². The number of aromatic nitrogens is 1. The summed E-state index contributed by atoms with van der Waals surface area (Å²) in [6.07, 6.45) is 4.91. The van der Waals surface area contributed by atoms with Gasteiger partial charge in [-0.15, -0.1) is 0 Å². The SMILES string of the molecule is CCCN(CCC)C(=O)c1noc2c1CC(C)CC2. The first-order valence-electron chi connectivity index (χ1n) is 7.44. The van der Waals surface area contributed by atoms with Gasteiger partial charge in [0.25, 0.3) is 5.91 Å². The Morgan fingerprint density at radius 1 is 1.37 bits per heavy atom. The van der Waals surface area contributed by atoms with Crippen LogP contribution in [-0.4, -0.2) is 29.1 Å². The molecule has 1 aromatic rings. The maximum atomic E-state index is 12.6. The lowest BCUT2D eigenvalue weighted by atomic mass is 9.88. The Morgan fingerprint density at radius 2 is 2.05 bits per heavy atom. The molecule has 0 radical (unpaired) electrons. The van der Waals surface area contributed by atoms with Gasteiger partial charge in [-0.05, 0) is 31.6 Å². The normalized spacial score (nSPS) is 18.2. The van der Waals surface area contributed by atoms with Crippen molar-refractivity contribution in [2.45, 2.75) is 52.9 Å². The van der Waals surface area contributed by atoms with Crippen molar-refractivity contribution in [1.82, 2.24) is 10.1 Å². The van der Waals surface area contributed by atoms with Crippen LogP contribution in [0.25, 0.3) is 0 Å². The molecule has 4 nitrogen and oxygen atoms in total. The average Bonchev–Trinajstić information content (AvgIpc) is 2.80. The van der Waals surface area contributed by atoms with Crippen molar-refractivity contribution < 1.29 is 9.32 Å². The zero-order valence-corrected chi connectivity index (χ0v) is 12.2. The zero-order chi connectivity index (χ0) is 13.8. The summed E-state index contributed by atoms with van der Waals surface area (Å²) in [5.41, 5.74) is 1.62. The predicted molar refractivity (Wildman–Crippen MR) is 74.2 cm³/mol. The smallest absolute Gasteiger partial charge is 0.276 e. The first kappa shape index (κ1) is 14.1. The molecule has 0 bridgehead atoms.